The monoisotopic (exact) mass is 420 g/mol. The molecule has 1 nitrogen and oxygen atoms in total. The van der Waals surface area contributed by atoms with Gasteiger partial charge in [-0.15, -0.1) is 24.8 Å². The first-order valence-corrected chi connectivity index (χ1v) is 11.5. The standard InChI is InChI=1S/C13H22OSi.C5H5.CH2.2ClH.Ti/c1-7-8(2)10(13(4,5)6)12(15)11(14)9(7)3;1-2-4-5-3-1;;;;/h14H,1-6,15H3;1-3H,4H2;1H2;2*1H;/q;;;;;+1/p-1. The van der Waals surface area contributed by atoms with Gasteiger partial charge in [-0.05, 0) is 0 Å². The van der Waals surface area contributed by atoms with Crippen molar-refractivity contribution in [2.24, 2.45) is 0 Å². The van der Waals surface area contributed by atoms with Crippen LogP contribution in [0.25, 0.3) is 0 Å². The van der Waals surface area contributed by atoms with Crippen LogP contribution in [-0.2, 0) is 23.2 Å². The van der Waals surface area contributed by atoms with Crippen LogP contribution < -0.4 is 8.51 Å². The van der Waals surface area contributed by atoms with Crippen LogP contribution >= 0.6 is 24.8 Å². The molecular formula is C19H30Cl2OSiTi. The van der Waals surface area contributed by atoms with Gasteiger partial charge in [-0.3, -0.25) is 0 Å². The fourth-order valence-corrected chi connectivity index (χ4v) is 7.40. The molecule has 2 rings (SSSR count). The summed E-state index contributed by atoms with van der Waals surface area (Å²) in [7, 11) is 1.01. The summed E-state index contributed by atoms with van der Waals surface area (Å²) in [5, 5.41) is 1.44. The minimum absolute atomic E-state index is 0. The molecular weight excluding hydrogens is 391 g/mol. The van der Waals surface area contributed by atoms with Gasteiger partial charge in [-0.2, -0.15) is 0 Å². The van der Waals surface area contributed by atoms with Crippen molar-refractivity contribution in [3.8, 4) is 5.75 Å². The number of halogens is 2. The number of allylic oxidation sites excluding steroid dienone is 4. The normalized spacial score (nSPS) is 13.2. The summed E-state index contributed by atoms with van der Waals surface area (Å²) in [4.78, 5) is 4.39. The van der Waals surface area contributed by atoms with Gasteiger partial charge in [0, 0.05) is 0 Å². The van der Waals surface area contributed by atoms with Crippen molar-refractivity contribution in [2.45, 2.75) is 53.4 Å². The van der Waals surface area contributed by atoms with Crippen LogP contribution in [0.4, 0.5) is 0 Å². The molecule has 24 heavy (non-hydrogen) atoms. The molecule has 0 saturated heterocycles. The molecule has 0 unspecified atom stereocenters. The fourth-order valence-electron chi connectivity index (χ4n) is 3.44. The Bertz CT molecular complexity index is 701. The summed E-state index contributed by atoms with van der Waals surface area (Å²) in [6.45, 7) is 13.6. The topological polar surface area (TPSA) is 9.23 Å². The molecule has 0 amide bonds. The molecule has 0 bridgehead atoms. The van der Waals surface area contributed by atoms with Gasteiger partial charge < -0.3 is 0 Å². The van der Waals surface area contributed by atoms with E-state index in [4.69, 9.17) is 3.32 Å². The molecule has 0 fully saturated rings. The number of hydrogen-bond acceptors (Lipinski definition) is 1. The predicted molar refractivity (Wildman–Crippen MR) is 113 cm³/mol. The summed E-state index contributed by atoms with van der Waals surface area (Å²) in [5.74, 6) is 1.15. The maximum absolute atomic E-state index is 6.51. The Balaban J connectivity index is 0.00000264. The molecule has 134 valence electrons. The Labute approximate surface area is 169 Å². The zero-order valence-corrected chi connectivity index (χ0v) is 21.1. The van der Waals surface area contributed by atoms with E-state index in [0.717, 1.165) is 22.4 Å². The second-order valence-electron chi connectivity index (χ2n) is 7.30. The van der Waals surface area contributed by atoms with Crippen molar-refractivity contribution in [2.75, 3.05) is 0 Å². The number of benzene rings is 1. The Kier molecular flexibility index (Phi) is 8.96. The van der Waals surface area contributed by atoms with Crippen LogP contribution in [0.15, 0.2) is 22.1 Å². The summed E-state index contributed by atoms with van der Waals surface area (Å²) >= 11 is -1.87. The van der Waals surface area contributed by atoms with Crippen molar-refractivity contribution in [3.63, 3.8) is 0 Å². The molecule has 0 aromatic heterocycles. The Morgan fingerprint density at radius 1 is 1.08 bits per heavy atom. The van der Waals surface area contributed by atoms with Gasteiger partial charge in [0.05, 0.1) is 0 Å². The molecule has 1 aromatic rings. The molecule has 0 heterocycles. The van der Waals surface area contributed by atoms with Crippen LogP contribution in [0, 0.1) is 20.8 Å². The first-order valence-electron chi connectivity index (χ1n) is 7.98. The maximum atomic E-state index is 6.51. The van der Waals surface area contributed by atoms with Gasteiger partial charge in [-0.25, -0.2) is 0 Å². The minimum atomic E-state index is -1.87. The SMILES string of the molecule is Cl.Cl.[CH2]=[Ti]([O]c1c(C)c(C)c(C)c(C(C)(C)C)c1[SiH3])[C]1=CC=CC1. The third-order valence-corrected chi connectivity index (χ3v) is 8.02. The van der Waals surface area contributed by atoms with Crippen molar-refractivity contribution < 1.29 is 21.1 Å². The zero-order valence-electron chi connectivity index (χ0n) is 15.9. The first-order chi connectivity index (χ1) is 10.1. The zero-order chi connectivity index (χ0) is 16.7. The molecule has 0 N–H and O–H groups in total. The molecule has 0 spiro atoms. The van der Waals surface area contributed by atoms with E-state index in [0.29, 0.717) is 0 Å². The van der Waals surface area contributed by atoms with Crippen molar-refractivity contribution in [3.05, 3.63) is 44.4 Å². The average Bonchev–Trinajstić information content (AvgIpc) is 2.93. The van der Waals surface area contributed by atoms with E-state index in [2.05, 4.69) is 64.6 Å². The number of rotatable bonds is 3. The Morgan fingerprint density at radius 3 is 2.12 bits per heavy atom. The van der Waals surface area contributed by atoms with Crippen molar-refractivity contribution in [1.82, 2.24) is 0 Å². The predicted octanol–water partition coefficient (Wildman–Crippen LogP) is 3.93. The molecule has 0 radical (unpaired) electrons. The van der Waals surface area contributed by atoms with Gasteiger partial charge in [0.25, 0.3) is 0 Å². The third kappa shape index (κ3) is 4.74. The summed E-state index contributed by atoms with van der Waals surface area (Å²) < 4.78 is 7.94. The van der Waals surface area contributed by atoms with Crippen molar-refractivity contribution in [1.29, 1.82) is 0 Å². The first kappa shape index (κ1) is 23.9. The van der Waals surface area contributed by atoms with E-state index in [9.17, 15) is 0 Å². The van der Waals surface area contributed by atoms with E-state index >= 15 is 0 Å². The second kappa shape index (κ2) is 9.00. The van der Waals surface area contributed by atoms with Crippen molar-refractivity contribution >= 4 is 45.1 Å². The molecule has 0 aliphatic heterocycles. The molecule has 0 atom stereocenters. The Morgan fingerprint density at radius 2 is 1.67 bits per heavy atom. The summed E-state index contributed by atoms with van der Waals surface area (Å²) in [6.07, 6.45) is 7.57. The van der Waals surface area contributed by atoms with Crippen LogP contribution in [0.2, 0.25) is 0 Å². The van der Waals surface area contributed by atoms with E-state index < -0.39 is 17.8 Å². The molecule has 0 saturated carbocycles. The van der Waals surface area contributed by atoms with E-state index in [-0.39, 0.29) is 30.2 Å². The van der Waals surface area contributed by atoms with Crippen LogP contribution in [0.5, 0.6) is 5.75 Å². The van der Waals surface area contributed by atoms with E-state index in [1.54, 1.807) is 0 Å². The van der Waals surface area contributed by atoms with E-state index in [1.165, 1.54) is 31.3 Å². The Hall–Kier alpha value is -0.119. The van der Waals surface area contributed by atoms with Crippen LogP contribution in [0.1, 0.15) is 49.4 Å². The van der Waals surface area contributed by atoms with E-state index in [1.807, 2.05) is 0 Å². The molecule has 1 aliphatic carbocycles. The van der Waals surface area contributed by atoms with Crippen LogP contribution in [-0.4, -0.2) is 15.1 Å². The van der Waals surface area contributed by atoms with Crippen LogP contribution in [0.3, 0.4) is 0 Å². The molecule has 1 aliphatic rings. The second-order valence-corrected chi connectivity index (χ2v) is 10.9. The molecule has 1 aromatic carbocycles. The van der Waals surface area contributed by atoms with Gasteiger partial charge in [0.2, 0.25) is 0 Å². The van der Waals surface area contributed by atoms with Gasteiger partial charge in [0.1, 0.15) is 0 Å². The summed E-state index contributed by atoms with van der Waals surface area (Å²) in [5.41, 5.74) is 5.78. The molecule has 5 heteroatoms. The third-order valence-electron chi connectivity index (χ3n) is 4.66. The fraction of sp³-hybridized carbons (Fsp3) is 0.421. The quantitative estimate of drug-likeness (QED) is 0.673. The van der Waals surface area contributed by atoms with Gasteiger partial charge in [0.15, 0.2) is 0 Å². The number of hydrogen-bond donors (Lipinski definition) is 0. The average molecular weight is 421 g/mol. The van der Waals surface area contributed by atoms with Gasteiger partial charge >= 0.3 is 145 Å². The summed E-state index contributed by atoms with van der Waals surface area (Å²) in [6, 6.07) is 0. The van der Waals surface area contributed by atoms with Gasteiger partial charge in [-0.1, -0.05) is 0 Å².